The van der Waals surface area contributed by atoms with Gasteiger partial charge in [0.1, 0.15) is 11.5 Å². The van der Waals surface area contributed by atoms with E-state index in [9.17, 15) is 4.79 Å². The van der Waals surface area contributed by atoms with Crippen molar-refractivity contribution < 1.29 is 4.79 Å². The third-order valence-electron chi connectivity index (χ3n) is 3.68. The van der Waals surface area contributed by atoms with E-state index in [0.29, 0.717) is 23.0 Å². The molecule has 0 fully saturated rings. The monoisotopic (exact) mass is 324 g/mol. The van der Waals surface area contributed by atoms with Crippen molar-refractivity contribution in [1.29, 1.82) is 0 Å². The molecule has 0 saturated carbocycles. The van der Waals surface area contributed by atoms with E-state index in [4.69, 9.17) is 11.6 Å². The van der Waals surface area contributed by atoms with Gasteiger partial charge in [-0.15, -0.1) is 0 Å². The first kappa shape index (κ1) is 15.5. The molecule has 0 aromatic heterocycles. The van der Waals surface area contributed by atoms with E-state index in [-0.39, 0.29) is 5.91 Å². The van der Waals surface area contributed by atoms with Crippen molar-refractivity contribution >= 4 is 29.4 Å². The minimum atomic E-state index is -0.177. The Morgan fingerprint density at radius 3 is 2.74 bits per heavy atom. The van der Waals surface area contributed by atoms with Gasteiger partial charge in [0.15, 0.2) is 0 Å². The second-order valence-electron chi connectivity index (χ2n) is 5.55. The highest BCUT2D eigenvalue weighted by Gasteiger charge is 2.19. The fourth-order valence-electron chi connectivity index (χ4n) is 2.51. The molecule has 3 rings (SSSR count). The Kier molecular flexibility index (Phi) is 4.58. The number of nitrogens with zero attached hydrogens (tertiary/aromatic N) is 1. The van der Waals surface area contributed by atoms with Crippen molar-refractivity contribution in [1.82, 2.24) is 5.32 Å². The highest BCUT2D eigenvalue weighted by Crippen LogP contribution is 2.20. The smallest absolute Gasteiger partial charge is 0.275 e. The van der Waals surface area contributed by atoms with Crippen molar-refractivity contribution in [2.75, 3.05) is 0 Å². The Bertz CT molecular complexity index is 809. The Hall–Kier alpha value is -2.39. The van der Waals surface area contributed by atoms with E-state index in [2.05, 4.69) is 35.4 Å². The zero-order valence-electron chi connectivity index (χ0n) is 12.8. The molecule has 0 unspecified atom stereocenters. The molecular weight excluding hydrogens is 308 g/mol. The summed E-state index contributed by atoms with van der Waals surface area (Å²) in [6.45, 7) is 2.07. The van der Waals surface area contributed by atoms with Crippen LogP contribution < -0.4 is 5.32 Å². The number of aryl methyl sites for hydroxylation is 2. The molecule has 1 N–H and O–H groups in total. The molecule has 23 heavy (non-hydrogen) atoms. The van der Waals surface area contributed by atoms with Crippen LogP contribution in [0.25, 0.3) is 6.08 Å². The van der Waals surface area contributed by atoms with Gasteiger partial charge >= 0.3 is 0 Å². The zero-order chi connectivity index (χ0) is 16.2. The lowest BCUT2D eigenvalue weighted by Gasteiger charge is -2.02. The number of carbonyl (C=O) groups is 1. The van der Waals surface area contributed by atoms with Crippen LogP contribution in [0.4, 0.5) is 0 Å². The van der Waals surface area contributed by atoms with Crippen LogP contribution in [-0.2, 0) is 11.2 Å². The predicted molar refractivity (Wildman–Crippen MR) is 94.5 cm³/mol. The number of aliphatic imine (C=N–C) groups is 1. The quantitative estimate of drug-likeness (QED) is 0.843. The lowest BCUT2D eigenvalue weighted by atomic mass is 10.1. The standard InChI is InChI=1S/C19H17ClN2O/c1-13-5-4-6-14(11-13)9-10-18-21-17(19(23)22-18)12-15-7-2-3-8-16(15)20/h2-8,11-12H,9-10H2,1H3,(H,21,22,23)/b17-12-. The summed E-state index contributed by atoms with van der Waals surface area (Å²) in [6, 6.07) is 15.8. The number of carbonyl (C=O) groups excluding carboxylic acids is 1. The molecule has 0 radical (unpaired) electrons. The van der Waals surface area contributed by atoms with Gasteiger partial charge in [0.2, 0.25) is 0 Å². The van der Waals surface area contributed by atoms with Crippen LogP contribution in [0.2, 0.25) is 5.02 Å². The zero-order valence-corrected chi connectivity index (χ0v) is 13.6. The van der Waals surface area contributed by atoms with Gasteiger partial charge < -0.3 is 5.32 Å². The molecule has 2 aromatic rings. The molecule has 116 valence electrons. The number of benzene rings is 2. The minimum absolute atomic E-state index is 0.177. The number of amides is 1. The molecule has 1 heterocycles. The largest absolute Gasteiger partial charge is 0.309 e. The molecular formula is C19H17ClN2O. The summed E-state index contributed by atoms with van der Waals surface area (Å²) in [4.78, 5) is 16.4. The molecule has 0 aliphatic carbocycles. The van der Waals surface area contributed by atoms with E-state index in [1.165, 1.54) is 11.1 Å². The summed E-state index contributed by atoms with van der Waals surface area (Å²) in [7, 11) is 0. The first-order chi connectivity index (χ1) is 11.1. The van der Waals surface area contributed by atoms with Crippen LogP contribution >= 0.6 is 11.6 Å². The second-order valence-corrected chi connectivity index (χ2v) is 5.96. The second kappa shape index (κ2) is 6.80. The third kappa shape index (κ3) is 3.88. The molecule has 0 bridgehead atoms. The van der Waals surface area contributed by atoms with Crippen molar-refractivity contribution in [2.24, 2.45) is 4.99 Å². The molecule has 3 nitrogen and oxygen atoms in total. The summed E-state index contributed by atoms with van der Waals surface area (Å²) in [5.41, 5.74) is 3.67. The maximum Gasteiger partial charge on any atom is 0.275 e. The number of nitrogens with one attached hydrogen (secondary N) is 1. The maximum atomic E-state index is 12.0. The Balaban J connectivity index is 1.73. The van der Waals surface area contributed by atoms with Crippen LogP contribution in [-0.4, -0.2) is 11.7 Å². The Morgan fingerprint density at radius 1 is 1.13 bits per heavy atom. The van der Waals surface area contributed by atoms with Gasteiger partial charge in [-0.1, -0.05) is 59.6 Å². The molecule has 1 aliphatic heterocycles. The first-order valence-corrected chi connectivity index (χ1v) is 7.90. The van der Waals surface area contributed by atoms with Gasteiger partial charge in [-0.2, -0.15) is 0 Å². The fourth-order valence-corrected chi connectivity index (χ4v) is 2.70. The molecule has 0 saturated heterocycles. The highest BCUT2D eigenvalue weighted by atomic mass is 35.5. The third-order valence-corrected chi connectivity index (χ3v) is 4.02. The Morgan fingerprint density at radius 2 is 1.96 bits per heavy atom. The van der Waals surface area contributed by atoms with Gasteiger partial charge in [0.05, 0.1) is 0 Å². The van der Waals surface area contributed by atoms with Crippen LogP contribution in [0.3, 0.4) is 0 Å². The van der Waals surface area contributed by atoms with Crippen LogP contribution in [0.15, 0.2) is 59.2 Å². The Labute approximate surface area is 140 Å². The van der Waals surface area contributed by atoms with E-state index >= 15 is 0 Å². The predicted octanol–water partition coefficient (Wildman–Crippen LogP) is 4.15. The molecule has 1 aliphatic rings. The molecule has 2 aromatic carbocycles. The lowest BCUT2D eigenvalue weighted by Crippen LogP contribution is -2.24. The average Bonchev–Trinajstić information content (AvgIpc) is 2.88. The summed E-state index contributed by atoms with van der Waals surface area (Å²) in [5.74, 6) is 0.527. The summed E-state index contributed by atoms with van der Waals surface area (Å²) in [5, 5.41) is 3.44. The first-order valence-electron chi connectivity index (χ1n) is 7.52. The number of hydrogen-bond donors (Lipinski definition) is 1. The van der Waals surface area contributed by atoms with Crippen molar-refractivity contribution in [2.45, 2.75) is 19.8 Å². The van der Waals surface area contributed by atoms with Crippen LogP contribution in [0.1, 0.15) is 23.1 Å². The molecule has 4 heteroatoms. The van der Waals surface area contributed by atoms with Crippen molar-refractivity contribution in [3.8, 4) is 0 Å². The molecule has 1 amide bonds. The molecule has 0 atom stereocenters. The summed E-state index contributed by atoms with van der Waals surface area (Å²) >= 11 is 6.12. The maximum absolute atomic E-state index is 12.0. The van der Waals surface area contributed by atoms with Gasteiger partial charge in [0.25, 0.3) is 5.91 Å². The van der Waals surface area contributed by atoms with Crippen molar-refractivity contribution in [3.63, 3.8) is 0 Å². The van der Waals surface area contributed by atoms with Crippen molar-refractivity contribution in [3.05, 3.63) is 75.9 Å². The SMILES string of the molecule is Cc1cccc(CCC2=N/C(=C\c3ccccc3Cl)C(=O)N2)c1. The topological polar surface area (TPSA) is 41.5 Å². The lowest BCUT2D eigenvalue weighted by molar-refractivity contribution is -0.115. The summed E-state index contributed by atoms with van der Waals surface area (Å²) in [6.07, 6.45) is 3.27. The van der Waals surface area contributed by atoms with E-state index in [0.717, 1.165) is 12.0 Å². The molecule has 0 spiro atoms. The number of hydrogen-bond acceptors (Lipinski definition) is 2. The summed E-state index contributed by atoms with van der Waals surface area (Å²) < 4.78 is 0. The number of halogens is 1. The highest BCUT2D eigenvalue weighted by molar-refractivity contribution is 6.32. The van der Waals surface area contributed by atoms with Gasteiger partial charge in [0, 0.05) is 11.4 Å². The van der Waals surface area contributed by atoms with E-state index < -0.39 is 0 Å². The number of amidine groups is 1. The number of rotatable bonds is 4. The average molecular weight is 325 g/mol. The normalized spacial score (nSPS) is 15.7. The van der Waals surface area contributed by atoms with Crippen LogP contribution in [0, 0.1) is 6.92 Å². The fraction of sp³-hybridized carbons (Fsp3) is 0.158. The van der Waals surface area contributed by atoms with Gasteiger partial charge in [-0.25, -0.2) is 4.99 Å². The minimum Gasteiger partial charge on any atom is -0.309 e. The van der Waals surface area contributed by atoms with Gasteiger partial charge in [-0.3, -0.25) is 4.79 Å². The van der Waals surface area contributed by atoms with Crippen LogP contribution in [0.5, 0.6) is 0 Å². The van der Waals surface area contributed by atoms with Gasteiger partial charge in [-0.05, 0) is 36.6 Å². The van der Waals surface area contributed by atoms with E-state index in [1.54, 1.807) is 12.1 Å². The van der Waals surface area contributed by atoms with E-state index in [1.807, 2.05) is 24.3 Å².